The fourth-order valence-corrected chi connectivity index (χ4v) is 3.18. The van der Waals surface area contributed by atoms with Gasteiger partial charge < -0.3 is 14.8 Å². The van der Waals surface area contributed by atoms with Crippen molar-refractivity contribution in [2.75, 3.05) is 13.2 Å². The highest BCUT2D eigenvalue weighted by Crippen LogP contribution is 2.37. The molecular weight excluding hydrogens is 388 g/mol. The van der Waals surface area contributed by atoms with Gasteiger partial charge in [-0.3, -0.25) is 0 Å². The predicted molar refractivity (Wildman–Crippen MR) is 110 cm³/mol. The van der Waals surface area contributed by atoms with Gasteiger partial charge in [-0.15, -0.1) is 0 Å². The maximum Gasteiger partial charge on any atom is 0.180 e. The second-order valence-electron chi connectivity index (χ2n) is 6.21. The first-order valence-electron chi connectivity index (χ1n) is 9.28. The Bertz CT molecular complexity index is 720. The maximum atomic E-state index is 14.0. The summed E-state index contributed by atoms with van der Waals surface area (Å²) in [5.41, 5.74) is 1.30. The molecular formula is C21H26Cl2FNO2. The van der Waals surface area contributed by atoms with Gasteiger partial charge in [-0.1, -0.05) is 49.0 Å². The molecule has 0 spiro atoms. The van der Waals surface area contributed by atoms with Gasteiger partial charge in [0, 0.05) is 12.1 Å². The Hall–Kier alpha value is -1.49. The Morgan fingerprint density at radius 2 is 1.85 bits per heavy atom. The van der Waals surface area contributed by atoms with Gasteiger partial charge >= 0.3 is 0 Å². The van der Waals surface area contributed by atoms with E-state index < -0.39 is 5.82 Å². The number of nitrogens with one attached hydrogen (secondary N) is 1. The van der Waals surface area contributed by atoms with Crippen molar-refractivity contribution in [2.24, 2.45) is 0 Å². The zero-order valence-electron chi connectivity index (χ0n) is 15.8. The van der Waals surface area contributed by atoms with E-state index in [4.69, 9.17) is 32.7 Å². The van der Waals surface area contributed by atoms with Crippen LogP contribution in [-0.4, -0.2) is 13.2 Å². The van der Waals surface area contributed by atoms with Crippen LogP contribution in [0.25, 0.3) is 0 Å². The molecule has 0 saturated heterocycles. The highest BCUT2D eigenvalue weighted by Gasteiger charge is 2.15. The molecule has 3 nitrogen and oxygen atoms in total. The molecule has 2 aromatic carbocycles. The lowest BCUT2D eigenvalue weighted by molar-refractivity contribution is 0.266. The van der Waals surface area contributed by atoms with Gasteiger partial charge in [0.15, 0.2) is 11.5 Å². The lowest BCUT2D eigenvalue weighted by Gasteiger charge is -2.16. The van der Waals surface area contributed by atoms with Gasteiger partial charge in [-0.05, 0) is 49.7 Å². The first-order valence-corrected chi connectivity index (χ1v) is 10.0. The van der Waals surface area contributed by atoms with Crippen molar-refractivity contribution in [3.63, 3.8) is 0 Å². The van der Waals surface area contributed by atoms with E-state index in [0.717, 1.165) is 18.5 Å². The molecule has 27 heavy (non-hydrogen) atoms. The summed E-state index contributed by atoms with van der Waals surface area (Å²) in [6.07, 6.45) is 3.55. The summed E-state index contributed by atoms with van der Waals surface area (Å²) in [6.45, 7) is 6.17. The highest BCUT2D eigenvalue weighted by molar-refractivity contribution is 6.32. The molecule has 0 atom stereocenters. The van der Waals surface area contributed by atoms with Crippen LogP contribution in [0.4, 0.5) is 4.39 Å². The van der Waals surface area contributed by atoms with Crippen LogP contribution in [0.2, 0.25) is 10.0 Å². The van der Waals surface area contributed by atoms with Gasteiger partial charge in [-0.2, -0.15) is 0 Å². The van der Waals surface area contributed by atoms with E-state index in [2.05, 4.69) is 12.2 Å². The lowest BCUT2D eigenvalue weighted by Crippen LogP contribution is -2.15. The van der Waals surface area contributed by atoms with Gasteiger partial charge in [0.1, 0.15) is 12.4 Å². The number of ether oxygens (including phenoxy) is 2. The summed E-state index contributed by atoms with van der Waals surface area (Å²) in [7, 11) is 0. The summed E-state index contributed by atoms with van der Waals surface area (Å²) in [4.78, 5) is 0. The maximum absolute atomic E-state index is 14.0. The van der Waals surface area contributed by atoms with Crippen LogP contribution >= 0.6 is 23.2 Å². The van der Waals surface area contributed by atoms with E-state index in [9.17, 15) is 4.39 Å². The smallest absolute Gasteiger partial charge is 0.180 e. The Labute approximate surface area is 170 Å². The number of rotatable bonds is 11. The molecule has 2 aromatic rings. The molecule has 0 radical (unpaired) electrons. The second-order valence-corrected chi connectivity index (χ2v) is 7.03. The first-order chi connectivity index (χ1) is 13.1. The number of benzene rings is 2. The third-order valence-electron chi connectivity index (χ3n) is 4.08. The van der Waals surface area contributed by atoms with Gasteiger partial charge in [0.05, 0.1) is 16.7 Å². The van der Waals surface area contributed by atoms with Crippen molar-refractivity contribution >= 4 is 23.2 Å². The highest BCUT2D eigenvalue weighted by atomic mass is 35.5. The van der Waals surface area contributed by atoms with Crippen molar-refractivity contribution in [2.45, 2.75) is 46.3 Å². The third-order valence-corrected chi connectivity index (χ3v) is 4.71. The molecule has 0 aliphatic heterocycles. The van der Waals surface area contributed by atoms with Crippen molar-refractivity contribution < 1.29 is 13.9 Å². The molecule has 0 heterocycles. The quantitative estimate of drug-likeness (QED) is 0.432. The van der Waals surface area contributed by atoms with Crippen LogP contribution in [0.1, 0.15) is 44.2 Å². The topological polar surface area (TPSA) is 30.5 Å². The van der Waals surface area contributed by atoms with Crippen molar-refractivity contribution in [3.05, 3.63) is 57.3 Å². The minimum absolute atomic E-state index is 0.0279. The van der Waals surface area contributed by atoms with E-state index in [1.165, 1.54) is 18.9 Å². The van der Waals surface area contributed by atoms with Gasteiger partial charge in [-0.25, -0.2) is 4.39 Å². The van der Waals surface area contributed by atoms with E-state index in [-0.39, 0.29) is 6.61 Å². The number of hydrogen-bond acceptors (Lipinski definition) is 3. The summed E-state index contributed by atoms with van der Waals surface area (Å²) in [5.74, 6) is 0.528. The molecule has 0 unspecified atom stereocenters. The SMILES string of the molecule is CCCCCNCc1cc(Cl)c(OCc2c(F)cccc2Cl)c(OCC)c1. The average molecular weight is 414 g/mol. The van der Waals surface area contributed by atoms with E-state index >= 15 is 0 Å². The largest absolute Gasteiger partial charge is 0.490 e. The standard InChI is InChI=1S/C21H26Cl2FNO2/c1-3-5-6-10-25-13-15-11-18(23)21(20(12-15)26-4-2)27-14-16-17(22)8-7-9-19(16)24/h7-9,11-12,25H,3-6,10,13-14H2,1-2H3. The minimum Gasteiger partial charge on any atom is -0.490 e. The molecule has 0 saturated carbocycles. The predicted octanol–water partition coefficient (Wildman–Crippen LogP) is 6.39. The summed E-state index contributed by atoms with van der Waals surface area (Å²) in [5, 5.41) is 4.15. The molecule has 1 N–H and O–H groups in total. The Kier molecular flexibility index (Phi) is 9.19. The molecule has 2 rings (SSSR count). The fourth-order valence-electron chi connectivity index (χ4n) is 2.67. The Morgan fingerprint density at radius 1 is 1.04 bits per heavy atom. The zero-order chi connectivity index (χ0) is 19.6. The van der Waals surface area contributed by atoms with E-state index in [1.54, 1.807) is 12.1 Å². The van der Waals surface area contributed by atoms with Crippen LogP contribution in [0.5, 0.6) is 11.5 Å². The number of halogens is 3. The van der Waals surface area contributed by atoms with Gasteiger partial charge in [0.2, 0.25) is 0 Å². The van der Waals surface area contributed by atoms with Crippen molar-refractivity contribution in [1.29, 1.82) is 0 Å². The van der Waals surface area contributed by atoms with Crippen LogP contribution in [0, 0.1) is 5.82 Å². The number of hydrogen-bond donors (Lipinski definition) is 1. The van der Waals surface area contributed by atoms with E-state index in [0.29, 0.717) is 40.3 Å². The zero-order valence-corrected chi connectivity index (χ0v) is 17.3. The van der Waals surface area contributed by atoms with Crippen LogP contribution in [-0.2, 0) is 13.2 Å². The molecule has 0 aliphatic carbocycles. The minimum atomic E-state index is -0.413. The molecule has 0 bridgehead atoms. The molecule has 148 valence electrons. The normalized spacial score (nSPS) is 10.9. The molecule has 0 amide bonds. The first kappa shape index (κ1) is 21.8. The molecule has 0 fully saturated rings. The lowest BCUT2D eigenvalue weighted by atomic mass is 10.2. The fraction of sp³-hybridized carbons (Fsp3) is 0.429. The number of unbranched alkanes of at least 4 members (excludes halogenated alkanes) is 2. The third kappa shape index (κ3) is 6.56. The molecule has 0 aliphatic rings. The van der Waals surface area contributed by atoms with Crippen LogP contribution in [0.3, 0.4) is 0 Å². The molecule has 0 aromatic heterocycles. The monoisotopic (exact) mass is 413 g/mol. The van der Waals surface area contributed by atoms with Crippen LogP contribution < -0.4 is 14.8 Å². The van der Waals surface area contributed by atoms with Gasteiger partial charge in [0.25, 0.3) is 0 Å². The van der Waals surface area contributed by atoms with Crippen molar-refractivity contribution in [3.8, 4) is 11.5 Å². The van der Waals surface area contributed by atoms with Crippen molar-refractivity contribution in [1.82, 2.24) is 5.32 Å². The average Bonchev–Trinajstić information content (AvgIpc) is 2.63. The summed E-state index contributed by atoms with van der Waals surface area (Å²) < 4.78 is 25.4. The van der Waals surface area contributed by atoms with E-state index in [1.807, 2.05) is 19.1 Å². The summed E-state index contributed by atoms with van der Waals surface area (Å²) in [6, 6.07) is 8.28. The second kappa shape index (κ2) is 11.4. The summed E-state index contributed by atoms with van der Waals surface area (Å²) >= 11 is 12.5. The van der Waals surface area contributed by atoms with Crippen LogP contribution in [0.15, 0.2) is 30.3 Å². The molecule has 6 heteroatoms. The Balaban J connectivity index is 2.10. The Morgan fingerprint density at radius 3 is 2.56 bits per heavy atom.